The van der Waals surface area contributed by atoms with Gasteiger partial charge in [-0.15, -0.1) is 0 Å². The minimum atomic E-state index is -3.64. The highest BCUT2D eigenvalue weighted by Gasteiger charge is 2.22. The number of nitrogens with zero attached hydrogens (tertiary/aromatic N) is 3. The summed E-state index contributed by atoms with van der Waals surface area (Å²) in [6.07, 6.45) is 2.79. The maximum atomic E-state index is 13.0. The van der Waals surface area contributed by atoms with Crippen molar-refractivity contribution in [2.24, 2.45) is 0 Å². The number of anilines is 1. The van der Waals surface area contributed by atoms with E-state index in [2.05, 4.69) is 9.55 Å². The van der Waals surface area contributed by atoms with E-state index in [9.17, 15) is 13.2 Å². The molecule has 4 aromatic rings. The SMILES string of the molecule is Cc1ccc(S(=O)(=O)N(C)c2ccc(/C=C3\CCn4c3nc(=O)c3ccccc34)cc2)cc1. The minimum absolute atomic E-state index is 0.220. The molecule has 1 aliphatic heterocycles. The lowest BCUT2D eigenvalue weighted by Crippen LogP contribution is -2.26. The highest BCUT2D eigenvalue weighted by molar-refractivity contribution is 7.92. The Labute approximate surface area is 192 Å². The van der Waals surface area contributed by atoms with Gasteiger partial charge < -0.3 is 4.57 Å². The lowest BCUT2D eigenvalue weighted by molar-refractivity contribution is 0.594. The molecule has 0 saturated carbocycles. The molecule has 1 aliphatic rings. The number of sulfonamides is 1. The molecule has 0 spiro atoms. The first-order valence-electron chi connectivity index (χ1n) is 10.7. The zero-order valence-corrected chi connectivity index (χ0v) is 19.2. The van der Waals surface area contributed by atoms with Gasteiger partial charge >= 0.3 is 0 Å². The second kappa shape index (κ2) is 8.01. The fraction of sp³-hybridized carbons (Fsp3) is 0.154. The molecule has 0 N–H and O–H groups in total. The Balaban J connectivity index is 1.45. The molecule has 166 valence electrons. The molecule has 0 fully saturated rings. The van der Waals surface area contributed by atoms with E-state index < -0.39 is 10.0 Å². The average Bonchev–Trinajstić information content (AvgIpc) is 3.22. The molecule has 6 nitrogen and oxygen atoms in total. The number of fused-ring (bicyclic) bond motifs is 3. The van der Waals surface area contributed by atoms with E-state index in [-0.39, 0.29) is 10.5 Å². The lowest BCUT2D eigenvalue weighted by Gasteiger charge is -2.19. The molecule has 0 atom stereocenters. The topological polar surface area (TPSA) is 72.3 Å². The third kappa shape index (κ3) is 3.74. The molecular weight excluding hydrogens is 434 g/mol. The quantitative estimate of drug-likeness (QED) is 0.453. The summed E-state index contributed by atoms with van der Waals surface area (Å²) >= 11 is 0. The smallest absolute Gasteiger partial charge is 0.281 e. The molecule has 0 amide bonds. The van der Waals surface area contributed by atoms with Crippen LogP contribution in [0.4, 0.5) is 5.69 Å². The van der Waals surface area contributed by atoms with Crippen molar-refractivity contribution >= 4 is 38.3 Å². The normalized spacial score (nSPS) is 14.5. The van der Waals surface area contributed by atoms with E-state index >= 15 is 0 Å². The maximum absolute atomic E-state index is 13.0. The van der Waals surface area contributed by atoms with Gasteiger partial charge in [0.2, 0.25) is 0 Å². The standard InChI is InChI=1S/C26H23N3O3S/c1-18-7-13-22(14-8-18)33(31,32)28(2)21-11-9-19(10-12-21)17-20-15-16-29-24-6-4-3-5-23(24)26(30)27-25(20)29/h3-14,17H,15-16H2,1-2H3/b20-17+. The summed E-state index contributed by atoms with van der Waals surface area (Å²) in [5.41, 5.74) is 4.17. The Morgan fingerprint density at radius 3 is 2.39 bits per heavy atom. The summed E-state index contributed by atoms with van der Waals surface area (Å²) in [6, 6.07) is 21.7. The van der Waals surface area contributed by atoms with Crippen LogP contribution in [0.2, 0.25) is 0 Å². The molecule has 2 heterocycles. The summed E-state index contributed by atoms with van der Waals surface area (Å²) in [7, 11) is -2.09. The Bertz CT molecular complexity index is 1550. The van der Waals surface area contributed by atoms with Crippen molar-refractivity contribution in [3.05, 3.63) is 100 Å². The number of rotatable bonds is 4. The van der Waals surface area contributed by atoms with Gasteiger partial charge in [-0.3, -0.25) is 9.10 Å². The number of benzene rings is 3. The molecular formula is C26H23N3O3S. The van der Waals surface area contributed by atoms with Crippen molar-refractivity contribution in [1.29, 1.82) is 0 Å². The Hall–Kier alpha value is -3.71. The minimum Gasteiger partial charge on any atom is -0.325 e. The van der Waals surface area contributed by atoms with Crippen LogP contribution in [0.5, 0.6) is 0 Å². The number of aryl methyl sites for hydroxylation is 2. The van der Waals surface area contributed by atoms with Gasteiger partial charge in [0.15, 0.2) is 0 Å². The first-order valence-corrected chi connectivity index (χ1v) is 12.1. The van der Waals surface area contributed by atoms with E-state index in [1.165, 1.54) is 4.31 Å². The van der Waals surface area contributed by atoms with Gasteiger partial charge in [-0.05, 0) is 67.0 Å². The fourth-order valence-electron chi connectivity index (χ4n) is 4.16. The molecule has 1 aromatic heterocycles. The van der Waals surface area contributed by atoms with Crippen LogP contribution in [0, 0.1) is 6.92 Å². The van der Waals surface area contributed by atoms with Crippen molar-refractivity contribution < 1.29 is 8.42 Å². The van der Waals surface area contributed by atoms with Crippen molar-refractivity contribution in [3.63, 3.8) is 0 Å². The van der Waals surface area contributed by atoms with E-state index in [1.807, 2.05) is 43.3 Å². The van der Waals surface area contributed by atoms with E-state index in [4.69, 9.17) is 0 Å². The van der Waals surface area contributed by atoms with Crippen molar-refractivity contribution in [2.75, 3.05) is 11.4 Å². The lowest BCUT2D eigenvalue weighted by atomic mass is 10.1. The van der Waals surface area contributed by atoms with Gasteiger partial charge in [-0.2, -0.15) is 4.98 Å². The van der Waals surface area contributed by atoms with Gasteiger partial charge in [0.05, 0.1) is 21.5 Å². The molecule has 0 radical (unpaired) electrons. The Morgan fingerprint density at radius 2 is 1.67 bits per heavy atom. The first-order chi connectivity index (χ1) is 15.8. The zero-order chi connectivity index (χ0) is 23.2. The van der Waals surface area contributed by atoms with Gasteiger partial charge in [-0.1, -0.05) is 42.0 Å². The Morgan fingerprint density at radius 1 is 0.970 bits per heavy atom. The van der Waals surface area contributed by atoms with Crippen LogP contribution in [-0.4, -0.2) is 25.0 Å². The van der Waals surface area contributed by atoms with Gasteiger partial charge in [-0.25, -0.2) is 8.42 Å². The second-order valence-electron chi connectivity index (χ2n) is 8.21. The highest BCUT2D eigenvalue weighted by atomic mass is 32.2. The molecule has 3 aromatic carbocycles. The van der Waals surface area contributed by atoms with Gasteiger partial charge in [0, 0.05) is 13.6 Å². The third-order valence-corrected chi connectivity index (χ3v) is 7.86. The molecule has 0 bridgehead atoms. The van der Waals surface area contributed by atoms with Crippen molar-refractivity contribution in [3.8, 4) is 0 Å². The molecule has 7 heteroatoms. The van der Waals surface area contributed by atoms with Crippen LogP contribution in [0.25, 0.3) is 22.6 Å². The average molecular weight is 458 g/mol. The highest BCUT2D eigenvalue weighted by Crippen LogP contribution is 2.30. The van der Waals surface area contributed by atoms with Gasteiger partial charge in [0.1, 0.15) is 5.82 Å². The zero-order valence-electron chi connectivity index (χ0n) is 18.4. The van der Waals surface area contributed by atoms with Crippen LogP contribution >= 0.6 is 0 Å². The van der Waals surface area contributed by atoms with Crippen LogP contribution in [0.15, 0.2) is 82.5 Å². The van der Waals surface area contributed by atoms with Crippen LogP contribution in [0.3, 0.4) is 0 Å². The predicted molar refractivity (Wildman–Crippen MR) is 132 cm³/mol. The molecule has 0 saturated heterocycles. The first kappa shape index (κ1) is 21.2. The predicted octanol–water partition coefficient (Wildman–Crippen LogP) is 4.47. The van der Waals surface area contributed by atoms with E-state index in [0.717, 1.165) is 35.2 Å². The Kier molecular flexibility index (Phi) is 5.13. The molecule has 0 unspecified atom stereocenters. The molecule has 5 rings (SSSR count). The summed E-state index contributed by atoms with van der Waals surface area (Å²) in [5, 5.41) is 0.629. The largest absolute Gasteiger partial charge is 0.325 e. The number of para-hydroxylation sites is 1. The molecule has 0 aliphatic carbocycles. The van der Waals surface area contributed by atoms with E-state index in [1.54, 1.807) is 49.5 Å². The van der Waals surface area contributed by atoms with Crippen LogP contribution in [-0.2, 0) is 16.6 Å². The number of aromatic nitrogens is 2. The fourth-order valence-corrected chi connectivity index (χ4v) is 5.36. The second-order valence-corrected chi connectivity index (χ2v) is 10.2. The molecule has 33 heavy (non-hydrogen) atoms. The number of allylic oxidation sites excluding steroid dienone is 1. The van der Waals surface area contributed by atoms with Gasteiger partial charge in [0.25, 0.3) is 15.6 Å². The number of hydrogen-bond acceptors (Lipinski definition) is 4. The summed E-state index contributed by atoms with van der Waals surface area (Å²) in [5.74, 6) is 0.696. The summed E-state index contributed by atoms with van der Waals surface area (Å²) in [4.78, 5) is 17.1. The summed E-state index contributed by atoms with van der Waals surface area (Å²) < 4.78 is 29.3. The third-order valence-electron chi connectivity index (χ3n) is 6.06. The van der Waals surface area contributed by atoms with Crippen LogP contribution in [0.1, 0.15) is 23.4 Å². The van der Waals surface area contributed by atoms with Crippen molar-refractivity contribution in [2.45, 2.75) is 24.8 Å². The van der Waals surface area contributed by atoms with E-state index in [0.29, 0.717) is 16.9 Å². The van der Waals surface area contributed by atoms with Crippen LogP contribution < -0.4 is 9.86 Å². The monoisotopic (exact) mass is 457 g/mol. The van der Waals surface area contributed by atoms with Crippen molar-refractivity contribution in [1.82, 2.24) is 9.55 Å². The number of hydrogen-bond donors (Lipinski definition) is 0. The summed E-state index contributed by atoms with van der Waals surface area (Å²) in [6.45, 7) is 2.69. The maximum Gasteiger partial charge on any atom is 0.281 e.